The largest absolute Gasteiger partial charge is 0.375 e. The van der Waals surface area contributed by atoms with Gasteiger partial charge in [-0.2, -0.15) is 5.10 Å². The summed E-state index contributed by atoms with van der Waals surface area (Å²) in [5.74, 6) is -0.540. The molecule has 2 aromatic heterocycles. The molecule has 0 bridgehead atoms. The number of carbonyl (C=O) groups excluding carboxylic acids is 1. The van der Waals surface area contributed by atoms with Gasteiger partial charge in [-0.1, -0.05) is 23.7 Å². The number of rotatable bonds is 5. The Morgan fingerprint density at radius 2 is 2.14 bits per heavy atom. The molecule has 3 heterocycles. The van der Waals surface area contributed by atoms with E-state index < -0.39 is 11.3 Å². The Kier molecular flexibility index (Phi) is 5.84. The van der Waals surface area contributed by atoms with Gasteiger partial charge >= 0.3 is 0 Å². The van der Waals surface area contributed by atoms with Crippen LogP contribution in [0.5, 0.6) is 0 Å². The van der Waals surface area contributed by atoms with Gasteiger partial charge in [-0.3, -0.25) is 19.7 Å². The number of aromatic nitrogens is 3. The molecule has 1 atom stereocenters. The minimum Gasteiger partial charge on any atom is -0.375 e. The number of nitrogens with one attached hydrogen (secondary N) is 3. The van der Waals surface area contributed by atoms with Crippen molar-refractivity contribution < 1.29 is 9.53 Å². The minimum absolute atomic E-state index is 0.0109. The summed E-state index contributed by atoms with van der Waals surface area (Å²) in [6.07, 6.45) is 2.16. The lowest BCUT2D eigenvalue weighted by molar-refractivity contribution is 0.0287. The Bertz CT molecular complexity index is 1080. The Morgan fingerprint density at radius 3 is 2.90 bits per heavy atom. The lowest BCUT2D eigenvalue weighted by Crippen LogP contribution is -2.39. The Balaban J connectivity index is 1.52. The van der Waals surface area contributed by atoms with E-state index >= 15 is 0 Å². The number of nitrogens with zero attached hydrogens (tertiary/aromatic N) is 2. The molecule has 1 unspecified atom stereocenters. The smallest absolute Gasteiger partial charge is 0.276 e. The van der Waals surface area contributed by atoms with Gasteiger partial charge in [0.1, 0.15) is 0 Å². The number of halogens is 1. The molecular weight excluding hydrogens is 394 g/mol. The van der Waals surface area contributed by atoms with Crippen molar-refractivity contribution in [1.82, 2.24) is 25.8 Å². The molecule has 0 saturated carbocycles. The van der Waals surface area contributed by atoms with E-state index in [0.29, 0.717) is 29.0 Å². The predicted molar refractivity (Wildman–Crippen MR) is 109 cm³/mol. The molecule has 1 amide bonds. The highest BCUT2D eigenvalue weighted by molar-refractivity contribution is 6.30. The van der Waals surface area contributed by atoms with Crippen LogP contribution >= 0.6 is 11.6 Å². The first-order chi connectivity index (χ1) is 14.1. The highest BCUT2D eigenvalue weighted by Crippen LogP contribution is 2.12. The topological polar surface area (TPSA) is 109 Å². The molecule has 3 aromatic rings. The van der Waals surface area contributed by atoms with Crippen molar-refractivity contribution in [3.05, 3.63) is 68.7 Å². The molecule has 3 N–H and O–H groups in total. The zero-order chi connectivity index (χ0) is 20.2. The fraction of sp³-hybridized carbons (Fsp3) is 0.300. The van der Waals surface area contributed by atoms with Crippen molar-refractivity contribution in [2.75, 3.05) is 19.7 Å². The van der Waals surface area contributed by atoms with Crippen molar-refractivity contribution >= 4 is 28.4 Å². The maximum atomic E-state index is 12.8. The van der Waals surface area contributed by atoms with Crippen LogP contribution in [0, 0.1) is 0 Å². The molecule has 0 spiro atoms. The first kappa shape index (κ1) is 19.5. The summed E-state index contributed by atoms with van der Waals surface area (Å²) in [5, 5.41) is 13.7. The number of ether oxygens (including phenoxy) is 1. The van der Waals surface area contributed by atoms with Gasteiger partial charge in [-0.05, 0) is 23.8 Å². The standard InChI is InChI=1S/C20H20ClN5O3/c21-13-3-1-12(2-4-13)9-24-20(28)18-19(27)16-8-14(23-11-17(16)25-26-18)7-15-10-22-5-6-29-15/h1-4,8,11,15,22H,5-7,9-10H2,(H,24,28)(H,25,27). The highest BCUT2D eigenvalue weighted by Gasteiger charge is 2.18. The van der Waals surface area contributed by atoms with Gasteiger partial charge < -0.3 is 15.4 Å². The normalized spacial score (nSPS) is 16.7. The molecule has 1 fully saturated rings. The predicted octanol–water partition coefficient (Wildman–Crippen LogP) is 1.43. The van der Waals surface area contributed by atoms with E-state index in [4.69, 9.17) is 16.3 Å². The Morgan fingerprint density at radius 1 is 1.31 bits per heavy atom. The SMILES string of the molecule is O=C(NCc1ccc(Cl)cc1)c1n[nH]c2cnc(CC3CNCCO3)cc2c1=O. The maximum absolute atomic E-state index is 12.8. The number of morpholine rings is 1. The fourth-order valence-corrected chi connectivity index (χ4v) is 3.31. The Hall–Kier alpha value is -2.81. The fourth-order valence-electron chi connectivity index (χ4n) is 3.19. The second-order valence-electron chi connectivity index (χ2n) is 6.83. The number of carbonyl (C=O) groups is 1. The van der Waals surface area contributed by atoms with Crippen LogP contribution < -0.4 is 16.1 Å². The molecule has 1 saturated heterocycles. The second kappa shape index (κ2) is 8.69. The van der Waals surface area contributed by atoms with Gasteiger partial charge in [0.2, 0.25) is 5.43 Å². The summed E-state index contributed by atoms with van der Waals surface area (Å²) in [5.41, 5.74) is 1.47. The zero-order valence-electron chi connectivity index (χ0n) is 15.6. The third-order valence-electron chi connectivity index (χ3n) is 4.73. The average molecular weight is 414 g/mol. The van der Waals surface area contributed by atoms with Crippen LogP contribution in [0.15, 0.2) is 41.3 Å². The maximum Gasteiger partial charge on any atom is 0.276 e. The number of benzene rings is 1. The van der Waals surface area contributed by atoms with Gasteiger partial charge in [0.05, 0.1) is 29.8 Å². The Labute approximate surface area is 171 Å². The summed E-state index contributed by atoms with van der Waals surface area (Å²) < 4.78 is 5.69. The molecule has 0 aliphatic carbocycles. The van der Waals surface area contributed by atoms with Crippen molar-refractivity contribution in [2.24, 2.45) is 0 Å². The minimum atomic E-state index is -0.540. The number of fused-ring (bicyclic) bond motifs is 1. The number of amides is 1. The summed E-state index contributed by atoms with van der Waals surface area (Å²) in [6.45, 7) is 2.50. The molecule has 150 valence electrons. The van der Waals surface area contributed by atoms with E-state index in [0.717, 1.165) is 24.3 Å². The van der Waals surface area contributed by atoms with Crippen LogP contribution in [0.4, 0.5) is 0 Å². The van der Waals surface area contributed by atoms with E-state index in [-0.39, 0.29) is 18.3 Å². The second-order valence-corrected chi connectivity index (χ2v) is 7.27. The molecule has 1 aliphatic heterocycles. The third kappa shape index (κ3) is 4.61. The highest BCUT2D eigenvalue weighted by atomic mass is 35.5. The zero-order valence-corrected chi connectivity index (χ0v) is 16.3. The molecule has 9 heteroatoms. The number of hydrogen-bond donors (Lipinski definition) is 3. The van der Waals surface area contributed by atoms with Crippen LogP contribution in [-0.2, 0) is 17.7 Å². The quantitative estimate of drug-likeness (QED) is 0.584. The number of H-pyrrole nitrogens is 1. The first-order valence-electron chi connectivity index (χ1n) is 9.32. The van der Waals surface area contributed by atoms with Gasteiger partial charge in [-0.25, -0.2) is 0 Å². The molecule has 29 heavy (non-hydrogen) atoms. The number of pyridine rings is 1. The molecule has 0 radical (unpaired) electrons. The summed E-state index contributed by atoms with van der Waals surface area (Å²) >= 11 is 5.86. The summed E-state index contributed by atoms with van der Waals surface area (Å²) in [7, 11) is 0. The molecule has 1 aromatic carbocycles. The lowest BCUT2D eigenvalue weighted by atomic mass is 10.1. The summed E-state index contributed by atoms with van der Waals surface area (Å²) in [4.78, 5) is 29.7. The van der Waals surface area contributed by atoms with E-state index in [2.05, 4.69) is 25.8 Å². The van der Waals surface area contributed by atoms with Gasteiger partial charge in [0.15, 0.2) is 5.69 Å². The van der Waals surface area contributed by atoms with Crippen LogP contribution in [0.1, 0.15) is 21.7 Å². The van der Waals surface area contributed by atoms with Crippen molar-refractivity contribution in [3.63, 3.8) is 0 Å². The van der Waals surface area contributed by atoms with Crippen LogP contribution in [0.25, 0.3) is 10.9 Å². The molecule has 4 rings (SSSR count). The van der Waals surface area contributed by atoms with E-state index in [1.807, 2.05) is 0 Å². The molecule has 8 nitrogen and oxygen atoms in total. The van der Waals surface area contributed by atoms with Crippen LogP contribution in [-0.4, -0.2) is 46.9 Å². The monoisotopic (exact) mass is 413 g/mol. The molecule has 1 aliphatic rings. The lowest BCUT2D eigenvalue weighted by Gasteiger charge is -2.23. The third-order valence-corrected chi connectivity index (χ3v) is 4.98. The van der Waals surface area contributed by atoms with E-state index in [1.165, 1.54) is 0 Å². The van der Waals surface area contributed by atoms with Crippen molar-refractivity contribution in [2.45, 2.75) is 19.1 Å². The average Bonchev–Trinajstić information content (AvgIpc) is 2.74. The molecular formula is C20H20ClN5O3. The van der Waals surface area contributed by atoms with E-state index in [1.54, 1.807) is 36.5 Å². The first-order valence-corrected chi connectivity index (χ1v) is 9.70. The van der Waals surface area contributed by atoms with Gasteiger partial charge in [0.25, 0.3) is 5.91 Å². The van der Waals surface area contributed by atoms with Gasteiger partial charge in [0, 0.05) is 36.8 Å². The summed E-state index contributed by atoms with van der Waals surface area (Å²) in [6, 6.07) is 8.79. The van der Waals surface area contributed by atoms with Gasteiger partial charge in [-0.15, -0.1) is 0 Å². The van der Waals surface area contributed by atoms with Crippen molar-refractivity contribution in [3.8, 4) is 0 Å². The number of aromatic amines is 1. The van der Waals surface area contributed by atoms with Crippen LogP contribution in [0.2, 0.25) is 5.02 Å². The number of hydrogen-bond acceptors (Lipinski definition) is 6. The van der Waals surface area contributed by atoms with Crippen molar-refractivity contribution in [1.29, 1.82) is 0 Å². The van der Waals surface area contributed by atoms with E-state index in [9.17, 15) is 9.59 Å². The van der Waals surface area contributed by atoms with Crippen LogP contribution in [0.3, 0.4) is 0 Å².